The van der Waals surface area contributed by atoms with E-state index in [2.05, 4.69) is 10.6 Å². The van der Waals surface area contributed by atoms with E-state index < -0.39 is 0 Å². The van der Waals surface area contributed by atoms with Crippen LogP contribution in [0.25, 0.3) is 6.08 Å². The van der Waals surface area contributed by atoms with Crippen LogP contribution >= 0.6 is 23.8 Å². The molecular formula is C21H21ClN2O3S. The first kappa shape index (κ1) is 20.3. The first-order valence-corrected chi connectivity index (χ1v) is 9.78. The van der Waals surface area contributed by atoms with Gasteiger partial charge in [-0.1, -0.05) is 29.8 Å². The lowest BCUT2D eigenvalue weighted by Crippen LogP contribution is -2.32. The Labute approximate surface area is 174 Å². The number of carbonyl (C=O) groups is 1. The Bertz CT molecular complexity index is 849. The Morgan fingerprint density at radius 2 is 2.04 bits per heavy atom. The summed E-state index contributed by atoms with van der Waals surface area (Å²) in [6, 6.07) is 14.6. The Hall–Kier alpha value is -2.41. The van der Waals surface area contributed by atoms with E-state index >= 15 is 0 Å². The second kappa shape index (κ2) is 10.2. The van der Waals surface area contributed by atoms with Crippen molar-refractivity contribution in [1.29, 1.82) is 0 Å². The third-order valence-electron chi connectivity index (χ3n) is 4.13. The van der Waals surface area contributed by atoms with Crippen molar-refractivity contribution in [2.24, 2.45) is 0 Å². The van der Waals surface area contributed by atoms with Gasteiger partial charge >= 0.3 is 0 Å². The van der Waals surface area contributed by atoms with Crippen LogP contribution < -0.4 is 15.4 Å². The summed E-state index contributed by atoms with van der Waals surface area (Å²) in [6.07, 6.45) is 5.34. The number of anilines is 1. The second-order valence-electron chi connectivity index (χ2n) is 6.27. The molecule has 0 saturated carbocycles. The van der Waals surface area contributed by atoms with E-state index in [4.69, 9.17) is 33.3 Å². The van der Waals surface area contributed by atoms with Gasteiger partial charge < -0.3 is 14.8 Å². The lowest BCUT2D eigenvalue weighted by molar-refractivity contribution is -0.115. The van der Waals surface area contributed by atoms with Crippen LogP contribution in [-0.4, -0.2) is 30.3 Å². The minimum absolute atomic E-state index is 0.180. The third-order valence-corrected chi connectivity index (χ3v) is 4.68. The van der Waals surface area contributed by atoms with Crippen molar-refractivity contribution < 1.29 is 14.3 Å². The van der Waals surface area contributed by atoms with Gasteiger partial charge in [-0.25, -0.2) is 0 Å². The molecule has 2 aromatic carbocycles. The zero-order valence-electron chi connectivity index (χ0n) is 15.2. The van der Waals surface area contributed by atoms with Gasteiger partial charge in [-0.05, 0) is 67.0 Å². The lowest BCUT2D eigenvalue weighted by atomic mass is 10.2. The van der Waals surface area contributed by atoms with Gasteiger partial charge in [0, 0.05) is 23.4 Å². The van der Waals surface area contributed by atoms with E-state index in [1.165, 1.54) is 6.08 Å². The SMILES string of the molecule is O=C(C=Cc1ccccc1Cl)NC(=S)Nc1ccc(OCC2CCCO2)cc1. The number of halogens is 1. The molecule has 2 N–H and O–H groups in total. The number of nitrogens with one attached hydrogen (secondary N) is 2. The zero-order chi connectivity index (χ0) is 19.8. The summed E-state index contributed by atoms with van der Waals surface area (Å²) in [4.78, 5) is 12.0. The van der Waals surface area contributed by atoms with Gasteiger partial charge in [-0.2, -0.15) is 0 Å². The largest absolute Gasteiger partial charge is 0.491 e. The number of rotatable bonds is 6. The van der Waals surface area contributed by atoms with Gasteiger partial charge in [0.05, 0.1) is 6.10 Å². The molecule has 1 aliphatic rings. The second-order valence-corrected chi connectivity index (χ2v) is 7.08. The average molecular weight is 417 g/mol. The molecule has 1 heterocycles. The van der Waals surface area contributed by atoms with Crippen molar-refractivity contribution in [3.63, 3.8) is 0 Å². The van der Waals surface area contributed by atoms with Crippen LogP contribution in [0.4, 0.5) is 5.69 Å². The van der Waals surface area contributed by atoms with Gasteiger partial charge in [-0.15, -0.1) is 0 Å². The van der Waals surface area contributed by atoms with E-state index in [1.54, 1.807) is 12.1 Å². The summed E-state index contributed by atoms with van der Waals surface area (Å²) in [5, 5.41) is 6.35. The first-order valence-electron chi connectivity index (χ1n) is 8.99. The molecule has 1 fully saturated rings. The van der Waals surface area contributed by atoms with E-state index in [1.807, 2.05) is 42.5 Å². The highest BCUT2D eigenvalue weighted by Gasteiger charge is 2.15. The van der Waals surface area contributed by atoms with Gasteiger partial charge in [0.15, 0.2) is 5.11 Å². The van der Waals surface area contributed by atoms with E-state index in [-0.39, 0.29) is 17.1 Å². The summed E-state index contributed by atoms with van der Waals surface area (Å²) < 4.78 is 11.3. The van der Waals surface area contributed by atoms with Crippen LogP contribution in [0.1, 0.15) is 18.4 Å². The molecule has 2 aromatic rings. The van der Waals surface area contributed by atoms with Crippen molar-refractivity contribution in [2.75, 3.05) is 18.5 Å². The Balaban J connectivity index is 1.44. The molecule has 0 aromatic heterocycles. The van der Waals surface area contributed by atoms with E-state index in [9.17, 15) is 4.79 Å². The number of hydrogen-bond donors (Lipinski definition) is 2. The summed E-state index contributed by atoms with van der Waals surface area (Å²) >= 11 is 11.2. The van der Waals surface area contributed by atoms with Crippen molar-refractivity contribution in [3.8, 4) is 5.75 Å². The quantitative estimate of drug-likeness (QED) is 0.539. The summed E-state index contributed by atoms with van der Waals surface area (Å²) in [7, 11) is 0. The molecule has 1 atom stereocenters. The van der Waals surface area contributed by atoms with Crippen molar-refractivity contribution >= 4 is 46.6 Å². The molecule has 0 spiro atoms. The standard InChI is InChI=1S/C21H21ClN2O3S/c22-19-6-2-1-4-15(19)7-12-20(25)24-21(28)23-16-8-10-17(11-9-16)27-14-18-5-3-13-26-18/h1-2,4,6-12,18H,3,5,13-14H2,(H2,23,24,25,28). The molecule has 1 saturated heterocycles. The fourth-order valence-corrected chi connectivity index (χ4v) is 3.11. The topological polar surface area (TPSA) is 59.6 Å². The summed E-state index contributed by atoms with van der Waals surface area (Å²) in [5.41, 5.74) is 1.52. The van der Waals surface area contributed by atoms with Crippen molar-refractivity contribution in [2.45, 2.75) is 18.9 Å². The van der Waals surface area contributed by atoms with Crippen LogP contribution in [0, 0.1) is 0 Å². The van der Waals surface area contributed by atoms with Gasteiger partial charge in [0.25, 0.3) is 0 Å². The summed E-state index contributed by atoms with van der Waals surface area (Å²) in [5.74, 6) is 0.424. The van der Waals surface area contributed by atoms with Gasteiger partial charge in [-0.3, -0.25) is 10.1 Å². The highest BCUT2D eigenvalue weighted by atomic mass is 35.5. The fourth-order valence-electron chi connectivity index (χ4n) is 2.69. The molecule has 0 radical (unpaired) electrons. The van der Waals surface area contributed by atoms with Crippen molar-refractivity contribution in [1.82, 2.24) is 5.32 Å². The van der Waals surface area contributed by atoms with E-state index in [0.717, 1.165) is 36.4 Å². The van der Waals surface area contributed by atoms with Gasteiger partial charge in [0.1, 0.15) is 12.4 Å². The maximum absolute atomic E-state index is 12.0. The number of amides is 1. The molecule has 0 bridgehead atoms. The van der Waals surface area contributed by atoms with Crippen LogP contribution in [-0.2, 0) is 9.53 Å². The Kier molecular flexibility index (Phi) is 7.42. The molecule has 1 amide bonds. The smallest absolute Gasteiger partial charge is 0.250 e. The van der Waals surface area contributed by atoms with Gasteiger partial charge in [0.2, 0.25) is 5.91 Å². The predicted molar refractivity (Wildman–Crippen MR) is 116 cm³/mol. The molecule has 146 valence electrons. The molecule has 1 aliphatic heterocycles. The Morgan fingerprint density at radius 1 is 1.25 bits per heavy atom. The zero-order valence-corrected chi connectivity index (χ0v) is 16.8. The van der Waals surface area contributed by atoms with Crippen LogP contribution in [0.5, 0.6) is 5.75 Å². The number of carbonyl (C=O) groups excluding carboxylic acids is 1. The van der Waals surface area contributed by atoms with Crippen LogP contribution in [0.3, 0.4) is 0 Å². The predicted octanol–water partition coefficient (Wildman–Crippen LogP) is 4.42. The minimum atomic E-state index is -0.339. The molecule has 5 nitrogen and oxygen atoms in total. The maximum atomic E-state index is 12.0. The molecule has 0 aliphatic carbocycles. The molecule has 28 heavy (non-hydrogen) atoms. The van der Waals surface area contributed by atoms with Crippen LogP contribution in [0.15, 0.2) is 54.6 Å². The van der Waals surface area contributed by atoms with Crippen molar-refractivity contribution in [3.05, 3.63) is 65.2 Å². The normalized spacial score (nSPS) is 16.1. The maximum Gasteiger partial charge on any atom is 0.250 e. The van der Waals surface area contributed by atoms with Crippen LogP contribution in [0.2, 0.25) is 5.02 Å². The highest BCUT2D eigenvalue weighted by Crippen LogP contribution is 2.19. The number of hydrogen-bond acceptors (Lipinski definition) is 4. The highest BCUT2D eigenvalue weighted by molar-refractivity contribution is 7.80. The molecular weight excluding hydrogens is 396 g/mol. The molecule has 1 unspecified atom stereocenters. The minimum Gasteiger partial charge on any atom is -0.491 e. The fraction of sp³-hybridized carbons (Fsp3) is 0.238. The summed E-state index contributed by atoms with van der Waals surface area (Å²) in [6.45, 7) is 1.37. The lowest BCUT2D eigenvalue weighted by Gasteiger charge is -2.12. The first-order chi connectivity index (χ1) is 13.6. The monoisotopic (exact) mass is 416 g/mol. The van der Waals surface area contributed by atoms with E-state index in [0.29, 0.717) is 11.6 Å². The molecule has 7 heteroatoms. The number of thiocarbonyl (C=S) groups is 1. The number of ether oxygens (including phenoxy) is 2. The average Bonchev–Trinajstić information content (AvgIpc) is 3.20. The third kappa shape index (κ3) is 6.34. The molecule has 3 rings (SSSR count). The Morgan fingerprint density at radius 3 is 2.75 bits per heavy atom. The number of benzene rings is 2.